The molecule has 1 saturated heterocycles. The van der Waals surface area contributed by atoms with Gasteiger partial charge in [-0.05, 0) is 82.5 Å². The standard InChI is InChI=1S/C32H36ClN7O3/c1-4-31(41)38-28-18-25-27(19-30(28)42-16-15-40-13-10-24(11-14-40)39(2)3)35-21-36-32(25)37-22-8-9-29(26(33)17-22)43-20-23-7-5-6-12-34-23/h4-9,12,17-19,21,24H,1,10-11,13-16,20H2,2-3H3,(H,38,41)(H,35,36,37). The van der Waals surface area contributed by atoms with Gasteiger partial charge in [-0.15, -0.1) is 0 Å². The molecular formula is C32H36ClN7O3. The molecule has 0 bridgehead atoms. The molecule has 0 radical (unpaired) electrons. The number of ether oxygens (including phenoxy) is 2. The van der Waals surface area contributed by atoms with E-state index in [1.54, 1.807) is 18.3 Å². The van der Waals surface area contributed by atoms with Crippen LogP contribution in [0.5, 0.6) is 11.5 Å². The van der Waals surface area contributed by atoms with Crippen LogP contribution in [0.1, 0.15) is 18.5 Å². The molecule has 4 aromatic rings. The molecule has 2 N–H and O–H groups in total. The maximum atomic E-state index is 12.3. The molecular weight excluding hydrogens is 566 g/mol. The fourth-order valence-electron chi connectivity index (χ4n) is 5.00. The molecule has 1 fully saturated rings. The number of nitrogens with zero attached hydrogens (tertiary/aromatic N) is 5. The lowest BCUT2D eigenvalue weighted by Crippen LogP contribution is -2.43. The highest BCUT2D eigenvalue weighted by molar-refractivity contribution is 6.32. The van der Waals surface area contributed by atoms with Gasteiger partial charge in [0.25, 0.3) is 0 Å². The number of halogens is 1. The molecule has 0 saturated carbocycles. The van der Waals surface area contributed by atoms with Gasteiger partial charge in [-0.25, -0.2) is 9.97 Å². The van der Waals surface area contributed by atoms with E-state index in [0.717, 1.165) is 38.2 Å². The van der Waals surface area contributed by atoms with Gasteiger partial charge in [0.15, 0.2) is 0 Å². The van der Waals surface area contributed by atoms with Crippen molar-refractivity contribution in [2.24, 2.45) is 0 Å². The first-order valence-corrected chi connectivity index (χ1v) is 14.6. The predicted octanol–water partition coefficient (Wildman–Crippen LogP) is 5.53. The Hall–Kier alpha value is -4.25. The second kappa shape index (κ2) is 14.3. The molecule has 0 aliphatic carbocycles. The van der Waals surface area contributed by atoms with Crippen LogP contribution in [0.3, 0.4) is 0 Å². The first-order valence-electron chi connectivity index (χ1n) is 14.2. The molecule has 2 aromatic carbocycles. The molecule has 0 unspecified atom stereocenters. The van der Waals surface area contributed by atoms with E-state index in [0.29, 0.717) is 63.9 Å². The summed E-state index contributed by atoms with van der Waals surface area (Å²) in [4.78, 5) is 30.2. The van der Waals surface area contributed by atoms with Crippen LogP contribution in [0.4, 0.5) is 17.2 Å². The van der Waals surface area contributed by atoms with Crippen LogP contribution >= 0.6 is 11.6 Å². The van der Waals surface area contributed by atoms with Gasteiger partial charge in [0.2, 0.25) is 5.91 Å². The van der Waals surface area contributed by atoms with E-state index in [1.807, 2.05) is 36.4 Å². The fraction of sp³-hybridized carbons (Fsp3) is 0.312. The smallest absolute Gasteiger partial charge is 0.247 e. The number of benzene rings is 2. The monoisotopic (exact) mass is 601 g/mol. The Morgan fingerprint density at radius 2 is 1.93 bits per heavy atom. The summed E-state index contributed by atoms with van der Waals surface area (Å²) in [7, 11) is 4.28. The Labute approximate surface area is 256 Å². The highest BCUT2D eigenvalue weighted by Crippen LogP contribution is 2.35. The van der Waals surface area contributed by atoms with Gasteiger partial charge in [0, 0.05) is 35.9 Å². The average molecular weight is 602 g/mol. The van der Waals surface area contributed by atoms with Crippen molar-refractivity contribution in [3.05, 3.63) is 84.4 Å². The first-order chi connectivity index (χ1) is 20.9. The van der Waals surface area contributed by atoms with Gasteiger partial charge < -0.3 is 25.0 Å². The fourth-order valence-corrected chi connectivity index (χ4v) is 5.23. The van der Waals surface area contributed by atoms with Crippen molar-refractivity contribution in [3.8, 4) is 11.5 Å². The predicted molar refractivity (Wildman–Crippen MR) is 170 cm³/mol. The second-order valence-corrected chi connectivity index (χ2v) is 11.0. The SMILES string of the molecule is C=CC(=O)Nc1cc2c(Nc3ccc(OCc4ccccn4)c(Cl)c3)ncnc2cc1OCCN1CCC(N(C)C)CC1. The molecule has 224 valence electrons. The number of nitrogens with one attached hydrogen (secondary N) is 2. The first kappa shape index (κ1) is 30.2. The second-order valence-electron chi connectivity index (χ2n) is 10.5. The van der Waals surface area contributed by atoms with E-state index in [9.17, 15) is 4.79 Å². The molecule has 43 heavy (non-hydrogen) atoms. The molecule has 5 rings (SSSR count). The van der Waals surface area contributed by atoms with Crippen LogP contribution in [-0.2, 0) is 11.4 Å². The molecule has 10 nitrogen and oxygen atoms in total. The number of hydrogen-bond donors (Lipinski definition) is 2. The zero-order valence-electron chi connectivity index (χ0n) is 24.4. The van der Waals surface area contributed by atoms with E-state index in [2.05, 4.69) is 56.1 Å². The summed E-state index contributed by atoms with van der Waals surface area (Å²) in [5, 5.41) is 7.32. The van der Waals surface area contributed by atoms with E-state index in [-0.39, 0.29) is 5.91 Å². The molecule has 3 heterocycles. The van der Waals surface area contributed by atoms with E-state index < -0.39 is 0 Å². The molecule has 11 heteroatoms. The van der Waals surface area contributed by atoms with Crippen molar-refractivity contribution in [1.29, 1.82) is 0 Å². The van der Waals surface area contributed by atoms with Gasteiger partial charge in [0.05, 0.1) is 21.9 Å². The number of carbonyl (C=O) groups is 1. The molecule has 1 aliphatic heterocycles. The average Bonchev–Trinajstić information content (AvgIpc) is 3.02. The molecule has 2 aromatic heterocycles. The van der Waals surface area contributed by atoms with Gasteiger partial charge in [-0.1, -0.05) is 24.2 Å². The van der Waals surface area contributed by atoms with Crippen LogP contribution in [0, 0.1) is 0 Å². The Morgan fingerprint density at radius 3 is 2.65 bits per heavy atom. The van der Waals surface area contributed by atoms with Crippen molar-refractivity contribution < 1.29 is 14.3 Å². The Bertz CT molecular complexity index is 1560. The minimum absolute atomic E-state index is 0.308. The zero-order valence-corrected chi connectivity index (χ0v) is 25.2. The van der Waals surface area contributed by atoms with Crippen LogP contribution in [0.2, 0.25) is 5.02 Å². The summed E-state index contributed by atoms with van der Waals surface area (Å²) >= 11 is 6.53. The lowest BCUT2D eigenvalue weighted by Gasteiger charge is -2.35. The van der Waals surface area contributed by atoms with Gasteiger partial charge in [0.1, 0.15) is 36.9 Å². The lowest BCUT2D eigenvalue weighted by atomic mass is 10.0. The number of pyridine rings is 1. The van der Waals surface area contributed by atoms with Gasteiger partial charge in [-0.2, -0.15) is 0 Å². The van der Waals surface area contributed by atoms with Gasteiger partial charge in [-0.3, -0.25) is 14.7 Å². The van der Waals surface area contributed by atoms with Crippen LogP contribution in [0.15, 0.2) is 73.7 Å². The molecule has 1 amide bonds. The summed E-state index contributed by atoms with van der Waals surface area (Å²) in [5.41, 5.74) is 2.70. The van der Waals surface area contributed by atoms with Crippen molar-refractivity contribution in [3.63, 3.8) is 0 Å². The molecule has 0 atom stereocenters. The third-order valence-electron chi connectivity index (χ3n) is 7.43. The normalized spacial score (nSPS) is 14.0. The van der Waals surface area contributed by atoms with E-state index in [4.69, 9.17) is 21.1 Å². The zero-order chi connectivity index (χ0) is 30.2. The molecule has 1 aliphatic rings. The highest BCUT2D eigenvalue weighted by atomic mass is 35.5. The van der Waals surface area contributed by atoms with Crippen LogP contribution in [-0.4, -0.2) is 77.0 Å². The highest BCUT2D eigenvalue weighted by Gasteiger charge is 2.21. The Morgan fingerprint density at radius 1 is 1.09 bits per heavy atom. The number of piperidine rings is 1. The summed E-state index contributed by atoms with van der Waals surface area (Å²) in [6.07, 6.45) is 6.71. The van der Waals surface area contributed by atoms with Crippen molar-refractivity contribution in [1.82, 2.24) is 24.8 Å². The number of hydrogen-bond acceptors (Lipinski definition) is 9. The van der Waals surface area contributed by atoms with Gasteiger partial charge >= 0.3 is 0 Å². The van der Waals surface area contributed by atoms with E-state index >= 15 is 0 Å². The van der Waals surface area contributed by atoms with Crippen molar-refractivity contribution in [2.45, 2.75) is 25.5 Å². The minimum atomic E-state index is -0.339. The number of rotatable bonds is 12. The van der Waals surface area contributed by atoms with Crippen LogP contribution < -0.4 is 20.1 Å². The number of carbonyl (C=O) groups excluding carboxylic acids is 1. The number of amides is 1. The minimum Gasteiger partial charge on any atom is -0.490 e. The maximum Gasteiger partial charge on any atom is 0.247 e. The van der Waals surface area contributed by atoms with Crippen molar-refractivity contribution in [2.75, 3.05) is 51.0 Å². The third-order valence-corrected chi connectivity index (χ3v) is 7.72. The Kier molecular flexibility index (Phi) is 10.0. The topological polar surface area (TPSA) is 105 Å². The number of anilines is 3. The van der Waals surface area contributed by atoms with E-state index in [1.165, 1.54) is 12.4 Å². The summed E-state index contributed by atoms with van der Waals surface area (Å²) in [5.74, 6) is 1.29. The van der Waals surface area contributed by atoms with Crippen molar-refractivity contribution >= 4 is 45.6 Å². The summed E-state index contributed by atoms with van der Waals surface area (Å²) in [6.45, 7) is 7.24. The molecule has 0 spiro atoms. The quantitative estimate of drug-likeness (QED) is 0.203. The Balaban J connectivity index is 1.30. The lowest BCUT2D eigenvalue weighted by molar-refractivity contribution is -0.111. The summed E-state index contributed by atoms with van der Waals surface area (Å²) in [6, 6.07) is 15.3. The maximum absolute atomic E-state index is 12.3. The number of likely N-dealkylation sites (tertiary alicyclic amines) is 1. The third kappa shape index (κ3) is 7.98. The largest absolute Gasteiger partial charge is 0.490 e. The van der Waals surface area contributed by atoms with Crippen LogP contribution in [0.25, 0.3) is 10.9 Å². The number of fused-ring (bicyclic) bond motifs is 1. The summed E-state index contributed by atoms with van der Waals surface area (Å²) < 4.78 is 12.0. The number of aromatic nitrogens is 3.